The molecule has 2 N–H and O–H groups in total. The minimum Gasteiger partial charge on any atom is -0.398 e. The molecule has 0 fully saturated rings. The number of rotatable bonds is 11. The van der Waals surface area contributed by atoms with Gasteiger partial charge >= 0.3 is 0 Å². The van der Waals surface area contributed by atoms with Crippen molar-refractivity contribution in [3.8, 4) is 22.3 Å². The molecule has 12 aromatic rings. The molecule has 0 saturated carbocycles. The summed E-state index contributed by atoms with van der Waals surface area (Å²) in [5, 5.41) is 3.39. The van der Waals surface area contributed by atoms with Crippen LogP contribution in [0.5, 0.6) is 0 Å². The first kappa shape index (κ1) is 91.5. The van der Waals surface area contributed by atoms with E-state index in [1.54, 1.807) is 0 Å². The van der Waals surface area contributed by atoms with Gasteiger partial charge in [0.15, 0.2) is 0 Å². The zero-order chi connectivity index (χ0) is 88.4. The molecule has 0 radical (unpaired) electrons. The Morgan fingerprint density at radius 1 is 0.254 bits per heavy atom. The van der Waals surface area contributed by atoms with Crippen LogP contribution in [-0.2, 0) is 54.1 Å². The van der Waals surface area contributed by atoms with Crippen molar-refractivity contribution in [2.75, 3.05) is 20.4 Å². The van der Waals surface area contributed by atoms with Crippen molar-refractivity contribution < 1.29 is 0 Å². The molecule has 0 heterocycles. The normalized spacial score (nSPS) is 17.0. The molecular formula is C112H126BrCl5N4. The van der Waals surface area contributed by atoms with Gasteiger partial charge in [-0.1, -0.05) is 335 Å². The number of anilines is 10. The number of nitrogens with two attached hydrogens (primary N) is 1. The number of nitrogens with zero attached hydrogens (tertiary/aromatic N) is 3. The molecule has 10 heteroatoms. The molecule has 16 rings (SSSR count). The Bertz CT molecular complexity index is 5620. The van der Waals surface area contributed by atoms with Gasteiger partial charge in [0.2, 0.25) is 0 Å². The van der Waals surface area contributed by atoms with E-state index in [4.69, 9.17) is 63.7 Å². The van der Waals surface area contributed by atoms with Crippen LogP contribution in [-0.4, -0.2) is 0 Å². The third-order valence-corrected chi connectivity index (χ3v) is 28.5. The fraction of sp³-hybridized carbons (Fsp3) is 0.357. The van der Waals surface area contributed by atoms with E-state index in [1.807, 2.05) is 84.9 Å². The second-order valence-electron chi connectivity index (χ2n) is 42.0. The van der Waals surface area contributed by atoms with Crippen LogP contribution >= 0.6 is 73.9 Å². The first-order valence-corrected chi connectivity index (χ1v) is 46.3. The van der Waals surface area contributed by atoms with E-state index < -0.39 is 0 Å². The van der Waals surface area contributed by atoms with Crippen molar-refractivity contribution in [3.05, 3.63) is 340 Å². The predicted octanol–water partition coefficient (Wildman–Crippen LogP) is 36.1. The van der Waals surface area contributed by atoms with Crippen LogP contribution in [0.4, 0.5) is 56.9 Å². The fourth-order valence-corrected chi connectivity index (χ4v) is 20.3. The van der Waals surface area contributed by atoms with E-state index >= 15 is 0 Å². The summed E-state index contributed by atoms with van der Waals surface area (Å²) in [5.74, 6) is 0. The average molecular weight is 1790 g/mol. The van der Waals surface area contributed by atoms with Crippen LogP contribution in [0, 0.1) is 0 Å². The van der Waals surface area contributed by atoms with Crippen molar-refractivity contribution in [2.45, 2.75) is 258 Å². The summed E-state index contributed by atoms with van der Waals surface area (Å²) in [4.78, 5) is 7.11. The van der Waals surface area contributed by atoms with Gasteiger partial charge in [-0.15, -0.1) is 0 Å². The van der Waals surface area contributed by atoms with Crippen molar-refractivity contribution in [1.29, 1.82) is 0 Å². The SMILES string of the molecule is CC(C)(C)c1ccc(N(c2cccc(Cl)c2)c2cc(Cl)cc(N(c3ccc4c(c3)C(C)(C)CCC4(C)C)c3ccc4c(c3)C(C)(C)CCC4(C)C)c2)c(-c2ccccc2)c1.CC(C)(C)c1ccc(N)c(-c2ccccc2)c1.CC1(C)CCC(C)(C)c2cc(N(c3cc(Cl)cc(Cl)c3)c3ccc4c(c3)C(C)(C)CCC4(C)C)ccc21.Clc1cccc(Br)c1. The quantitative estimate of drug-likeness (QED) is 0.131. The lowest BCUT2D eigenvalue weighted by molar-refractivity contribution is 0.332. The number of halogens is 6. The molecule has 12 aromatic carbocycles. The Balaban J connectivity index is 0.000000173. The topological polar surface area (TPSA) is 35.7 Å². The highest BCUT2D eigenvalue weighted by molar-refractivity contribution is 9.10. The highest BCUT2D eigenvalue weighted by Crippen LogP contribution is 2.56. The van der Waals surface area contributed by atoms with Gasteiger partial charge in [-0.2, -0.15) is 0 Å². The summed E-state index contributed by atoms with van der Waals surface area (Å²) in [6.45, 7) is 51.8. The Kier molecular flexibility index (Phi) is 26.2. The Morgan fingerprint density at radius 3 is 0.893 bits per heavy atom. The summed E-state index contributed by atoms with van der Waals surface area (Å²) in [5.41, 5.74) is 36.1. The number of nitrogen functional groups attached to an aromatic ring is 1. The molecule has 0 saturated heterocycles. The molecule has 4 aliphatic carbocycles. The van der Waals surface area contributed by atoms with Crippen LogP contribution in [0.15, 0.2) is 259 Å². The van der Waals surface area contributed by atoms with Crippen LogP contribution in [0.1, 0.15) is 259 Å². The van der Waals surface area contributed by atoms with Gasteiger partial charge in [0.25, 0.3) is 0 Å². The third kappa shape index (κ3) is 20.0. The lowest BCUT2D eigenvalue weighted by Gasteiger charge is -2.43. The van der Waals surface area contributed by atoms with Gasteiger partial charge in [0.05, 0.1) is 5.69 Å². The molecule has 636 valence electrons. The largest absolute Gasteiger partial charge is 0.398 e. The lowest BCUT2D eigenvalue weighted by atomic mass is 9.63. The molecule has 4 nitrogen and oxygen atoms in total. The Labute approximate surface area is 765 Å². The Morgan fingerprint density at radius 2 is 0.549 bits per heavy atom. The minimum atomic E-state index is -0.0377. The molecule has 0 unspecified atom stereocenters. The molecule has 122 heavy (non-hydrogen) atoms. The zero-order valence-corrected chi connectivity index (χ0v) is 81.5. The van der Waals surface area contributed by atoms with E-state index in [9.17, 15) is 0 Å². The van der Waals surface area contributed by atoms with Gasteiger partial charge in [-0.25, -0.2) is 0 Å². The fourth-order valence-electron chi connectivity index (χ4n) is 18.7. The van der Waals surface area contributed by atoms with Crippen LogP contribution in [0.2, 0.25) is 25.1 Å². The number of benzene rings is 12. The number of hydrogen-bond donors (Lipinski definition) is 1. The average Bonchev–Trinajstić information content (AvgIpc) is 0.739. The first-order chi connectivity index (χ1) is 57.0. The highest BCUT2D eigenvalue weighted by atomic mass is 79.9. The summed E-state index contributed by atoms with van der Waals surface area (Å²) in [7, 11) is 0. The molecular weight excluding hydrogens is 1660 g/mol. The van der Waals surface area contributed by atoms with Crippen LogP contribution in [0.3, 0.4) is 0 Å². The number of hydrogen-bond acceptors (Lipinski definition) is 4. The Hall–Kier alpha value is -8.23. The zero-order valence-electron chi connectivity index (χ0n) is 76.1. The van der Waals surface area contributed by atoms with Crippen molar-refractivity contribution in [3.63, 3.8) is 0 Å². The molecule has 4 aliphatic rings. The van der Waals surface area contributed by atoms with Crippen LogP contribution < -0.4 is 20.4 Å². The van der Waals surface area contributed by atoms with Gasteiger partial charge in [-0.05, 0) is 318 Å². The molecule has 0 spiro atoms. The second kappa shape index (κ2) is 34.9. The van der Waals surface area contributed by atoms with E-state index in [0.29, 0.717) is 20.1 Å². The van der Waals surface area contributed by atoms with Crippen molar-refractivity contribution >= 4 is 131 Å². The molecule has 0 bridgehead atoms. The molecule has 0 aliphatic heterocycles. The van der Waals surface area contributed by atoms with E-state index in [0.717, 1.165) is 95.9 Å². The summed E-state index contributed by atoms with van der Waals surface area (Å²) in [6, 6.07) is 90.8. The maximum absolute atomic E-state index is 7.38. The lowest BCUT2D eigenvalue weighted by Crippen LogP contribution is -2.34. The van der Waals surface area contributed by atoms with E-state index in [2.05, 4.69) is 353 Å². The minimum absolute atomic E-state index is 0.0377. The summed E-state index contributed by atoms with van der Waals surface area (Å²) < 4.78 is 1.02. The summed E-state index contributed by atoms with van der Waals surface area (Å²) in [6.07, 6.45) is 9.40. The third-order valence-electron chi connectivity index (χ3n) is 26.9. The van der Waals surface area contributed by atoms with Gasteiger partial charge in [0.1, 0.15) is 0 Å². The predicted molar refractivity (Wildman–Crippen MR) is 536 cm³/mol. The van der Waals surface area contributed by atoms with Gasteiger partial charge < -0.3 is 20.4 Å². The van der Waals surface area contributed by atoms with Crippen molar-refractivity contribution in [2.24, 2.45) is 0 Å². The van der Waals surface area contributed by atoms with E-state index in [1.165, 1.54) is 99.7 Å². The summed E-state index contributed by atoms with van der Waals surface area (Å²) >= 11 is 36.2. The maximum atomic E-state index is 7.38. The smallest absolute Gasteiger partial charge is 0.0540 e. The van der Waals surface area contributed by atoms with Gasteiger partial charge in [-0.3, -0.25) is 0 Å². The molecule has 0 atom stereocenters. The number of fused-ring (bicyclic) bond motifs is 4. The van der Waals surface area contributed by atoms with Crippen molar-refractivity contribution in [1.82, 2.24) is 0 Å². The van der Waals surface area contributed by atoms with Crippen LogP contribution in [0.25, 0.3) is 22.3 Å². The molecule has 0 aromatic heterocycles. The standard InChI is InChI=1S/C56H62Cl2N2.C34H41Cl2N.C16H19N.C6H4BrCl/c1-52(2,3)38-20-25-51(46(30-38)37-16-13-12-14-17-37)60(41-19-15-18-39(57)31-41)45-33-40(58)32-44(34-45)59(42-21-23-47-49(35-42)55(8,9)28-26-53(47,4)5)43-22-24-48-50(36-43)56(10,11)29-27-54(48,6)7;1-31(2)13-15-33(5,6)29-20-24(9-11-27(29)31)37(26-18-22(35)17-23(36)19-26)25-10-12-28-30(21-25)34(7,8)16-14-32(28,3)4;1-16(2,3)13-9-10-15(17)14(11-13)12-7-5-4-6-8-12;7-5-2-1-3-6(8)4-5/h12-25,30-36H,26-29H2,1-11H3;9-12,17-21H,13-16H2,1-8H3;4-11H,17H2,1-3H3;1-4H. The highest BCUT2D eigenvalue weighted by Gasteiger charge is 2.43. The van der Waals surface area contributed by atoms with E-state index in [-0.39, 0.29) is 54.1 Å². The second-order valence-corrected chi connectivity index (χ2v) is 45.1. The van der Waals surface area contributed by atoms with Gasteiger partial charge in [0, 0.05) is 91.9 Å². The maximum Gasteiger partial charge on any atom is 0.0540 e. The molecule has 0 amide bonds. The monoisotopic (exact) mass is 1780 g/mol. The first-order valence-electron chi connectivity index (χ1n) is 43.6.